The molecule has 26 heteroatoms. The number of fused-ring (bicyclic) bond motifs is 2. The number of benzene rings is 4. The molecule has 0 bridgehead atoms. The molecule has 6 aliphatic heterocycles. The number of likely N-dealkylation sites (tertiary alicyclic amines) is 2. The average Bonchev–Trinajstić information content (AvgIpc) is 3.35. The van der Waals surface area contributed by atoms with Crippen LogP contribution in [0, 0.1) is 34.5 Å². The van der Waals surface area contributed by atoms with Crippen molar-refractivity contribution in [3.8, 4) is 12.1 Å². The molecule has 0 saturated carbocycles. The van der Waals surface area contributed by atoms with Crippen LogP contribution in [-0.2, 0) is 85.8 Å². The third-order valence-corrected chi connectivity index (χ3v) is 17.0. The van der Waals surface area contributed by atoms with Crippen LogP contribution in [0.3, 0.4) is 0 Å². The maximum Gasteiger partial charge on any atom is 0.416 e. The third kappa shape index (κ3) is 11.0. The Balaban J connectivity index is 0.000000175. The average molecular weight is 1170 g/mol. The van der Waals surface area contributed by atoms with Crippen molar-refractivity contribution in [1.82, 2.24) is 39.3 Å². The number of carbonyl (C=O) groups excluding carboxylic acids is 2. The molecule has 1 unspecified atom stereocenters. The standard InChI is InChI=1S/2C29H27F5N6O2/c2*1-38-17-36-37-25(38)10-27(15-42-16-27)19-3-2-4-21(9-19)40-14-23-22(26(40)41)7-18(8-24(23)29(32,33)34)12-39-6-5-28(30,31)20(11-35)13-39/h2*2-4,7-9,17,20H,5-6,10,12-16H2,1H3/t20-;/m1./s1. The van der Waals surface area contributed by atoms with E-state index in [4.69, 9.17) is 20.0 Å². The fourth-order valence-electron chi connectivity index (χ4n) is 12.0. The van der Waals surface area contributed by atoms with Crippen LogP contribution in [0.25, 0.3) is 0 Å². The lowest BCUT2D eigenvalue weighted by Crippen LogP contribution is -2.49. The number of halogens is 10. The molecular formula is C58H54F10N12O4. The molecule has 2 amide bonds. The molecule has 0 radical (unpaired) electrons. The summed E-state index contributed by atoms with van der Waals surface area (Å²) in [5.74, 6) is -9.02. The fourth-order valence-corrected chi connectivity index (χ4v) is 12.0. The predicted molar refractivity (Wildman–Crippen MR) is 279 cm³/mol. The molecule has 440 valence electrons. The first-order chi connectivity index (χ1) is 39.8. The topological polar surface area (TPSA) is 175 Å². The molecular weight excluding hydrogens is 1120 g/mol. The molecule has 4 aromatic carbocycles. The van der Waals surface area contributed by atoms with E-state index in [1.807, 2.05) is 47.5 Å². The van der Waals surface area contributed by atoms with E-state index in [1.54, 1.807) is 49.1 Å². The molecule has 0 spiro atoms. The number of piperidine rings is 2. The second-order valence-electron chi connectivity index (χ2n) is 22.7. The van der Waals surface area contributed by atoms with Gasteiger partial charge in [-0.15, -0.1) is 20.4 Å². The van der Waals surface area contributed by atoms with E-state index in [-0.39, 0.29) is 85.7 Å². The molecule has 6 aromatic rings. The maximum absolute atomic E-state index is 14.3. The van der Waals surface area contributed by atoms with Crippen molar-refractivity contribution >= 4 is 23.2 Å². The molecule has 4 saturated heterocycles. The lowest BCUT2D eigenvalue weighted by atomic mass is 9.75. The second kappa shape index (κ2) is 21.7. The van der Waals surface area contributed by atoms with Crippen LogP contribution in [0.2, 0.25) is 0 Å². The molecule has 2 atom stereocenters. The van der Waals surface area contributed by atoms with E-state index in [9.17, 15) is 53.5 Å². The lowest BCUT2D eigenvalue weighted by molar-refractivity contribution is -0.139. The molecule has 8 heterocycles. The fraction of sp³-hybridized carbons (Fsp3) is 0.448. The van der Waals surface area contributed by atoms with Crippen molar-refractivity contribution < 1.29 is 63.0 Å². The van der Waals surface area contributed by atoms with E-state index < -0.39 is 82.6 Å². The van der Waals surface area contributed by atoms with Crippen molar-refractivity contribution in [3.63, 3.8) is 0 Å². The summed E-state index contributed by atoms with van der Waals surface area (Å²) in [5.41, 5.74) is -0.00722. The van der Waals surface area contributed by atoms with Crippen LogP contribution in [0.4, 0.5) is 55.3 Å². The van der Waals surface area contributed by atoms with Crippen LogP contribution >= 0.6 is 0 Å². The van der Waals surface area contributed by atoms with Gasteiger partial charge >= 0.3 is 12.4 Å². The zero-order valence-electron chi connectivity index (χ0n) is 45.3. The monoisotopic (exact) mass is 1170 g/mol. The molecule has 84 heavy (non-hydrogen) atoms. The van der Waals surface area contributed by atoms with Crippen molar-refractivity contribution in [3.05, 3.63) is 153 Å². The van der Waals surface area contributed by atoms with Gasteiger partial charge in [0, 0.05) is 112 Å². The summed E-state index contributed by atoms with van der Waals surface area (Å²) in [5, 5.41) is 34.5. The van der Waals surface area contributed by atoms with Gasteiger partial charge in [-0.3, -0.25) is 19.4 Å². The number of aromatic nitrogens is 6. The Morgan fingerprint density at radius 1 is 0.595 bits per heavy atom. The van der Waals surface area contributed by atoms with E-state index in [1.165, 1.54) is 31.7 Å². The first-order valence-corrected chi connectivity index (χ1v) is 26.9. The summed E-state index contributed by atoms with van der Waals surface area (Å²) in [6.07, 6.45) is -6.29. The highest BCUT2D eigenvalue weighted by Gasteiger charge is 2.49. The lowest BCUT2D eigenvalue weighted by Gasteiger charge is -2.42. The number of amides is 2. The van der Waals surface area contributed by atoms with Gasteiger partial charge in [0.25, 0.3) is 23.7 Å². The molecule has 4 fully saturated rings. The molecule has 16 nitrogen and oxygen atoms in total. The third-order valence-electron chi connectivity index (χ3n) is 17.0. The van der Waals surface area contributed by atoms with Gasteiger partial charge in [-0.2, -0.15) is 36.9 Å². The first-order valence-electron chi connectivity index (χ1n) is 26.9. The Bertz CT molecular complexity index is 3380. The number of rotatable bonds is 12. The summed E-state index contributed by atoms with van der Waals surface area (Å²) in [6.45, 7) is 0.328. The highest BCUT2D eigenvalue weighted by Crippen LogP contribution is 2.45. The van der Waals surface area contributed by atoms with Gasteiger partial charge in [-0.1, -0.05) is 24.3 Å². The van der Waals surface area contributed by atoms with Gasteiger partial charge in [0.1, 0.15) is 36.1 Å². The normalized spacial score (nSPS) is 21.6. The summed E-state index contributed by atoms with van der Waals surface area (Å²) in [7, 11) is 3.68. The van der Waals surface area contributed by atoms with Gasteiger partial charge in [0.05, 0.1) is 62.8 Å². The Hall–Kier alpha value is -7.78. The minimum absolute atomic E-state index is 0.0647. The number of aryl methyl sites for hydroxylation is 2. The zero-order chi connectivity index (χ0) is 59.7. The predicted octanol–water partition coefficient (Wildman–Crippen LogP) is 8.97. The zero-order valence-corrected chi connectivity index (χ0v) is 45.3. The van der Waals surface area contributed by atoms with Gasteiger partial charge in [-0.05, 0) is 81.9 Å². The summed E-state index contributed by atoms with van der Waals surface area (Å²) >= 11 is 0. The number of alkyl halides is 10. The number of ether oxygens (including phenoxy) is 2. The molecule has 0 N–H and O–H groups in total. The molecule has 2 aromatic heterocycles. The highest BCUT2D eigenvalue weighted by molar-refractivity contribution is 6.11. The van der Waals surface area contributed by atoms with Crippen molar-refractivity contribution in [1.29, 1.82) is 10.5 Å². The summed E-state index contributed by atoms with van der Waals surface area (Å²) in [4.78, 5) is 32.9. The van der Waals surface area contributed by atoms with Crippen LogP contribution in [0.5, 0.6) is 0 Å². The Kier molecular flexibility index (Phi) is 15.0. The molecule has 0 aliphatic carbocycles. The Labute approximate surface area is 474 Å². The van der Waals surface area contributed by atoms with Crippen LogP contribution in [0.1, 0.15) is 89.7 Å². The smallest absolute Gasteiger partial charge is 0.379 e. The molecule has 12 rings (SSSR count). The number of hydrogen-bond acceptors (Lipinski definition) is 12. The molecule has 6 aliphatic rings. The number of anilines is 2. The van der Waals surface area contributed by atoms with Crippen molar-refractivity contribution in [2.75, 3.05) is 62.4 Å². The Morgan fingerprint density at radius 2 is 0.988 bits per heavy atom. The van der Waals surface area contributed by atoms with Crippen molar-refractivity contribution in [2.45, 2.75) is 86.9 Å². The van der Waals surface area contributed by atoms with Gasteiger partial charge in [0.15, 0.2) is 0 Å². The first kappa shape index (κ1) is 58.0. The maximum atomic E-state index is 14.3. The largest absolute Gasteiger partial charge is 0.416 e. The minimum Gasteiger partial charge on any atom is -0.379 e. The van der Waals surface area contributed by atoms with E-state index in [2.05, 4.69) is 20.4 Å². The quantitative estimate of drug-likeness (QED) is 0.107. The Morgan fingerprint density at radius 3 is 1.31 bits per heavy atom. The number of nitriles is 2. The minimum atomic E-state index is -4.73. The van der Waals surface area contributed by atoms with E-state index in [0.29, 0.717) is 50.6 Å². The van der Waals surface area contributed by atoms with Crippen LogP contribution in [0.15, 0.2) is 85.5 Å². The van der Waals surface area contributed by atoms with E-state index in [0.717, 1.165) is 34.9 Å². The van der Waals surface area contributed by atoms with E-state index >= 15 is 0 Å². The number of hydrogen-bond donors (Lipinski definition) is 0. The van der Waals surface area contributed by atoms with Crippen molar-refractivity contribution in [2.24, 2.45) is 25.9 Å². The van der Waals surface area contributed by atoms with Gasteiger partial charge in [0.2, 0.25) is 0 Å². The second-order valence-corrected chi connectivity index (χ2v) is 22.7. The summed E-state index contributed by atoms with van der Waals surface area (Å²) in [6, 6.07) is 22.4. The van der Waals surface area contributed by atoms with Gasteiger partial charge in [-0.25, -0.2) is 17.6 Å². The van der Waals surface area contributed by atoms with Crippen LogP contribution in [-0.4, -0.2) is 116 Å². The number of nitrogens with zero attached hydrogens (tertiary/aromatic N) is 12. The van der Waals surface area contributed by atoms with Gasteiger partial charge < -0.3 is 28.4 Å². The highest BCUT2D eigenvalue weighted by atomic mass is 19.4. The number of carbonyl (C=O) groups is 2. The van der Waals surface area contributed by atoms with Crippen LogP contribution < -0.4 is 9.80 Å². The summed E-state index contributed by atoms with van der Waals surface area (Å²) < 4.78 is 156. The SMILES string of the molecule is Cn1cnnc1CC1(c2cccc(N3Cc4c(cc(CN5CCC(F)(F)C(C#N)C5)cc4C(F)(F)F)C3=O)c2)COC1.Cn1cnnc1CC1(c2cccc(N3Cc4c(cc(CN5CCC(F)(F)[C@H](C#N)C5)cc4C(F)(F)F)C3=O)c2)COC1.